The molecule has 5 rings (SSSR count). The van der Waals surface area contributed by atoms with E-state index in [0.717, 1.165) is 36.1 Å². The maximum Gasteiger partial charge on any atom is 0.140 e. The molecule has 0 spiro atoms. The Balaban J connectivity index is 1.67. The molecule has 2 aliphatic rings. The summed E-state index contributed by atoms with van der Waals surface area (Å²) in [4.78, 5) is 11.4. The second-order valence-electron chi connectivity index (χ2n) is 7.93. The van der Waals surface area contributed by atoms with Crippen molar-refractivity contribution in [1.82, 2.24) is 19.4 Å². The Morgan fingerprint density at radius 2 is 2.22 bits per heavy atom. The second kappa shape index (κ2) is 6.30. The van der Waals surface area contributed by atoms with Crippen LogP contribution in [-0.2, 0) is 18.6 Å². The van der Waals surface area contributed by atoms with Gasteiger partial charge in [0.15, 0.2) is 0 Å². The molecule has 1 fully saturated rings. The van der Waals surface area contributed by atoms with Crippen molar-refractivity contribution in [1.29, 1.82) is 0 Å². The van der Waals surface area contributed by atoms with Gasteiger partial charge in [0.1, 0.15) is 11.2 Å². The van der Waals surface area contributed by atoms with Gasteiger partial charge in [0, 0.05) is 54.2 Å². The standard InChI is InChI=1S/C21H23ClN4O/c1-21(27,14-4-2-7-23-11-14)13-26-18-6-9-25-8-3-5-17(25)19(18)16-10-15(22)12-24-20(16)26/h2,4,7,10-12,17,27H,3,5-6,8-9,13H2,1H3. The number of halogens is 1. The van der Waals surface area contributed by atoms with Gasteiger partial charge in [-0.05, 0) is 44.0 Å². The Morgan fingerprint density at radius 3 is 3.04 bits per heavy atom. The van der Waals surface area contributed by atoms with Crippen molar-refractivity contribution in [3.63, 3.8) is 0 Å². The highest BCUT2D eigenvalue weighted by molar-refractivity contribution is 6.31. The van der Waals surface area contributed by atoms with Gasteiger partial charge in [-0.3, -0.25) is 9.88 Å². The molecule has 3 aromatic rings. The van der Waals surface area contributed by atoms with Gasteiger partial charge in [-0.25, -0.2) is 4.98 Å². The normalized spacial score (nSPS) is 21.8. The lowest BCUT2D eigenvalue weighted by Crippen LogP contribution is -2.33. The highest BCUT2D eigenvalue weighted by Gasteiger charge is 2.37. The first-order valence-corrected chi connectivity index (χ1v) is 9.96. The first-order valence-electron chi connectivity index (χ1n) is 9.58. The fourth-order valence-electron chi connectivity index (χ4n) is 4.84. The number of nitrogens with zero attached hydrogens (tertiary/aromatic N) is 4. The van der Waals surface area contributed by atoms with Crippen molar-refractivity contribution < 1.29 is 5.11 Å². The van der Waals surface area contributed by atoms with Gasteiger partial charge in [0.2, 0.25) is 0 Å². The minimum Gasteiger partial charge on any atom is -0.384 e. The van der Waals surface area contributed by atoms with Gasteiger partial charge in [0.05, 0.1) is 11.6 Å². The largest absolute Gasteiger partial charge is 0.384 e. The number of hydrogen-bond donors (Lipinski definition) is 1. The fourth-order valence-corrected chi connectivity index (χ4v) is 4.99. The van der Waals surface area contributed by atoms with Gasteiger partial charge in [-0.2, -0.15) is 0 Å². The van der Waals surface area contributed by atoms with Crippen LogP contribution in [0.1, 0.15) is 42.6 Å². The Hall–Kier alpha value is -1.95. The van der Waals surface area contributed by atoms with E-state index >= 15 is 0 Å². The lowest BCUT2D eigenvalue weighted by Gasteiger charge is -2.32. The molecule has 2 unspecified atom stereocenters. The van der Waals surface area contributed by atoms with Crippen LogP contribution in [0.3, 0.4) is 0 Å². The van der Waals surface area contributed by atoms with Crippen molar-refractivity contribution in [2.75, 3.05) is 13.1 Å². The number of hydrogen-bond acceptors (Lipinski definition) is 4. The topological polar surface area (TPSA) is 54.2 Å². The summed E-state index contributed by atoms with van der Waals surface area (Å²) in [6.45, 7) is 4.53. The first kappa shape index (κ1) is 17.2. The quantitative estimate of drug-likeness (QED) is 0.750. The molecule has 0 aromatic carbocycles. The van der Waals surface area contributed by atoms with Crippen molar-refractivity contribution >= 4 is 22.6 Å². The van der Waals surface area contributed by atoms with Crippen molar-refractivity contribution in [3.8, 4) is 0 Å². The van der Waals surface area contributed by atoms with E-state index < -0.39 is 5.60 Å². The van der Waals surface area contributed by atoms with Gasteiger partial charge in [0.25, 0.3) is 0 Å². The summed E-state index contributed by atoms with van der Waals surface area (Å²) in [5.74, 6) is 0. The molecule has 6 heteroatoms. The molecule has 5 nitrogen and oxygen atoms in total. The summed E-state index contributed by atoms with van der Waals surface area (Å²) in [5.41, 5.74) is 3.37. The molecule has 0 amide bonds. The molecule has 5 heterocycles. The van der Waals surface area contributed by atoms with Crippen molar-refractivity contribution in [3.05, 3.63) is 58.6 Å². The van der Waals surface area contributed by atoms with Crippen LogP contribution in [0.25, 0.3) is 11.0 Å². The smallest absolute Gasteiger partial charge is 0.140 e. The fraction of sp³-hybridized carbons (Fsp3) is 0.429. The highest BCUT2D eigenvalue weighted by Crippen LogP contribution is 2.43. The predicted octanol–water partition coefficient (Wildman–Crippen LogP) is 3.69. The number of pyridine rings is 2. The third-order valence-electron chi connectivity index (χ3n) is 6.10. The van der Waals surface area contributed by atoms with E-state index in [4.69, 9.17) is 11.6 Å². The van der Waals surface area contributed by atoms with E-state index in [1.54, 1.807) is 18.6 Å². The predicted molar refractivity (Wildman–Crippen MR) is 106 cm³/mol. The van der Waals surface area contributed by atoms with E-state index in [2.05, 4.69) is 19.4 Å². The summed E-state index contributed by atoms with van der Waals surface area (Å²) in [7, 11) is 0. The van der Waals surface area contributed by atoms with Crippen LogP contribution >= 0.6 is 11.6 Å². The molecule has 2 atom stereocenters. The van der Waals surface area contributed by atoms with Crippen LogP contribution < -0.4 is 0 Å². The summed E-state index contributed by atoms with van der Waals surface area (Å²) in [6.07, 6.45) is 8.56. The Bertz CT molecular complexity index is 998. The molecule has 0 saturated carbocycles. The van der Waals surface area contributed by atoms with Crippen LogP contribution in [0.4, 0.5) is 0 Å². The van der Waals surface area contributed by atoms with Crippen LogP contribution in [0, 0.1) is 0 Å². The molecule has 1 N–H and O–H groups in total. The average molecular weight is 383 g/mol. The molecule has 2 aliphatic heterocycles. The second-order valence-corrected chi connectivity index (χ2v) is 8.37. The average Bonchev–Trinajstić information content (AvgIpc) is 3.25. The SMILES string of the molecule is CC(O)(Cn1c2c(c3cc(Cl)cnc31)C1CCCN1CC2)c1cccnc1. The van der Waals surface area contributed by atoms with E-state index in [-0.39, 0.29) is 0 Å². The third-order valence-corrected chi connectivity index (χ3v) is 6.30. The molecule has 140 valence electrons. The number of fused-ring (bicyclic) bond motifs is 5. The van der Waals surface area contributed by atoms with Crippen LogP contribution in [-0.4, -0.2) is 37.6 Å². The molecule has 27 heavy (non-hydrogen) atoms. The van der Waals surface area contributed by atoms with Gasteiger partial charge in [-0.15, -0.1) is 0 Å². The summed E-state index contributed by atoms with van der Waals surface area (Å²) >= 11 is 6.30. The Labute approximate surface area is 163 Å². The zero-order chi connectivity index (χ0) is 18.6. The van der Waals surface area contributed by atoms with Crippen LogP contribution in [0.15, 0.2) is 36.8 Å². The van der Waals surface area contributed by atoms with E-state index in [9.17, 15) is 5.11 Å². The van der Waals surface area contributed by atoms with E-state index in [0.29, 0.717) is 17.6 Å². The lowest BCUT2D eigenvalue weighted by molar-refractivity contribution is 0.0378. The molecule has 0 bridgehead atoms. The van der Waals surface area contributed by atoms with E-state index in [1.165, 1.54) is 24.1 Å². The van der Waals surface area contributed by atoms with Gasteiger partial charge < -0.3 is 9.67 Å². The summed E-state index contributed by atoms with van der Waals surface area (Å²) in [5, 5.41) is 13.0. The third kappa shape index (κ3) is 2.76. The van der Waals surface area contributed by atoms with Crippen LogP contribution in [0.5, 0.6) is 0 Å². The number of aromatic nitrogens is 3. The van der Waals surface area contributed by atoms with Crippen molar-refractivity contribution in [2.45, 2.75) is 44.4 Å². The molecule has 0 radical (unpaired) electrons. The molecular formula is C21H23ClN4O. The van der Waals surface area contributed by atoms with Gasteiger partial charge in [-0.1, -0.05) is 17.7 Å². The summed E-state index contributed by atoms with van der Waals surface area (Å²) < 4.78 is 2.21. The molecule has 0 aliphatic carbocycles. The molecular weight excluding hydrogens is 360 g/mol. The van der Waals surface area contributed by atoms with E-state index in [1.807, 2.05) is 25.1 Å². The Morgan fingerprint density at radius 1 is 1.33 bits per heavy atom. The number of aliphatic hydroxyl groups is 1. The minimum absolute atomic E-state index is 0.445. The zero-order valence-corrected chi connectivity index (χ0v) is 16.2. The minimum atomic E-state index is -1.03. The zero-order valence-electron chi connectivity index (χ0n) is 15.4. The monoisotopic (exact) mass is 382 g/mol. The molecule has 3 aromatic heterocycles. The number of rotatable bonds is 3. The molecule has 1 saturated heterocycles. The maximum absolute atomic E-state index is 11.2. The highest BCUT2D eigenvalue weighted by atomic mass is 35.5. The lowest BCUT2D eigenvalue weighted by atomic mass is 9.95. The first-order chi connectivity index (χ1) is 13.0. The maximum atomic E-state index is 11.2. The van der Waals surface area contributed by atoms with Crippen molar-refractivity contribution in [2.24, 2.45) is 0 Å². The summed E-state index contributed by atoms with van der Waals surface area (Å²) in [6, 6.07) is 6.27. The Kier molecular flexibility index (Phi) is 4.00. The van der Waals surface area contributed by atoms with Crippen LogP contribution in [0.2, 0.25) is 5.02 Å². The van der Waals surface area contributed by atoms with Gasteiger partial charge >= 0.3 is 0 Å².